The topological polar surface area (TPSA) is 68.8 Å². The highest BCUT2D eigenvalue weighted by Crippen LogP contribution is 2.33. The van der Waals surface area contributed by atoms with Crippen LogP contribution < -0.4 is 20.1 Å². The number of hydrogen-bond acceptors (Lipinski definition) is 5. The van der Waals surface area contributed by atoms with Crippen molar-refractivity contribution in [1.82, 2.24) is 10.6 Å². The first-order valence-corrected chi connectivity index (χ1v) is 8.65. The first-order valence-electron chi connectivity index (χ1n) is 8.65. The fourth-order valence-electron chi connectivity index (χ4n) is 3.18. The predicted octanol–water partition coefficient (Wildman–Crippen LogP) is 2.29. The second kappa shape index (κ2) is 9.44. The Balaban J connectivity index is 0.00000338. The fraction of sp³-hybridized carbons (Fsp3) is 0.632. The van der Waals surface area contributed by atoms with E-state index in [4.69, 9.17) is 14.2 Å². The van der Waals surface area contributed by atoms with Gasteiger partial charge < -0.3 is 24.8 Å². The number of methoxy groups -OCH3 is 3. The van der Waals surface area contributed by atoms with Crippen LogP contribution in [0.5, 0.6) is 11.5 Å². The molecule has 0 unspecified atom stereocenters. The largest absolute Gasteiger partial charge is 0.493 e. The number of benzene rings is 1. The Labute approximate surface area is 162 Å². The first-order chi connectivity index (χ1) is 11.9. The van der Waals surface area contributed by atoms with Crippen LogP contribution in [0.2, 0.25) is 0 Å². The van der Waals surface area contributed by atoms with Gasteiger partial charge in [0, 0.05) is 19.1 Å². The smallest absolute Gasteiger partial charge is 0.252 e. The fourth-order valence-corrected chi connectivity index (χ4v) is 3.18. The molecule has 1 amide bonds. The Morgan fingerprint density at radius 3 is 2.31 bits per heavy atom. The molecule has 0 radical (unpaired) electrons. The molecule has 1 aliphatic rings. The molecule has 7 heteroatoms. The van der Waals surface area contributed by atoms with E-state index in [-0.39, 0.29) is 23.7 Å². The average molecular weight is 387 g/mol. The number of rotatable bonds is 7. The summed E-state index contributed by atoms with van der Waals surface area (Å²) in [6.45, 7) is 6.29. The van der Waals surface area contributed by atoms with Crippen LogP contribution in [-0.2, 0) is 14.9 Å². The van der Waals surface area contributed by atoms with Crippen molar-refractivity contribution in [2.75, 3.05) is 41.0 Å². The zero-order valence-corrected chi connectivity index (χ0v) is 17.1. The van der Waals surface area contributed by atoms with Crippen molar-refractivity contribution in [2.24, 2.45) is 0 Å². The zero-order chi connectivity index (χ0) is 18.5. The second-order valence-electron chi connectivity index (χ2n) is 7.08. The van der Waals surface area contributed by atoms with Gasteiger partial charge in [0.05, 0.1) is 14.2 Å². The summed E-state index contributed by atoms with van der Waals surface area (Å²) in [5, 5.41) is 6.35. The maximum atomic E-state index is 12.7. The minimum absolute atomic E-state index is 0. The highest BCUT2D eigenvalue weighted by atomic mass is 35.5. The standard InChI is InChI=1S/C19H30N2O4.ClH/c1-18(2,14-6-7-15(23-3)16(12-14)24-4)13-21-17(22)19(25-5)8-10-20-11-9-19;/h6-7,12,20H,8-11,13H2,1-5H3,(H,21,22);1H. The maximum Gasteiger partial charge on any atom is 0.252 e. The van der Waals surface area contributed by atoms with Gasteiger partial charge in [-0.1, -0.05) is 19.9 Å². The van der Waals surface area contributed by atoms with Gasteiger partial charge in [-0.15, -0.1) is 12.4 Å². The van der Waals surface area contributed by atoms with Gasteiger partial charge >= 0.3 is 0 Å². The molecule has 1 aromatic rings. The number of halogens is 1. The van der Waals surface area contributed by atoms with E-state index >= 15 is 0 Å². The molecular formula is C19H31ClN2O4. The lowest BCUT2D eigenvalue weighted by Crippen LogP contribution is -2.55. The third-order valence-corrected chi connectivity index (χ3v) is 5.07. The number of carbonyl (C=O) groups excluding carboxylic acids is 1. The monoisotopic (exact) mass is 386 g/mol. The predicted molar refractivity (Wildman–Crippen MR) is 105 cm³/mol. The lowest BCUT2D eigenvalue weighted by Gasteiger charge is -2.36. The van der Waals surface area contributed by atoms with Gasteiger partial charge in [-0.25, -0.2) is 0 Å². The Bertz CT molecular complexity index is 601. The van der Waals surface area contributed by atoms with E-state index in [1.54, 1.807) is 21.3 Å². The van der Waals surface area contributed by atoms with Gasteiger partial charge in [-0.2, -0.15) is 0 Å². The molecule has 1 aliphatic heterocycles. The number of nitrogens with one attached hydrogen (secondary N) is 2. The van der Waals surface area contributed by atoms with Crippen LogP contribution in [0.3, 0.4) is 0 Å². The molecule has 0 spiro atoms. The molecular weight excluding hydrogens is 356 g/mol. The van der Waals surface area contributed by atoms with Crippen molar-refractivity contribution >= 4 is 18.3 Å². The molecule has 0 aliphatic carbocycles. The molecule has 2 rings (SSSR count). The Morgan fingerprint density at radius 2 is 1.77 bits per heavy atom. The molecule has 0 bridgehead atoms. The summed E-state index contributed by atoms with van der Waals surface area (Å²) in [5.41, 5.74) is 0.0953. The van der Waals surface area contributed by atoms with E-state index in [1.165, 1.54) is 0 Å². The highest BCUT2D eigenvalue weighted by Gasteiger charge is 2.40. The lowest BCUT2D eigenvalue weighted by molar-refractivity contribution is -0.146. The maximum absolute atomic E-state index is 12.7. The van der Waals surface area contributed by atoms with E-state index in [0.717, 1.165) is 18.7 Å². The molecule has 1 fully saturated rings. The summed E-state index contributed by atoms with van der Waals surface area (Å²) >= 11 is 0. The highest BCUT2D eigenvalue weighted by molar-refractivity contribution is 5.85. The molecule has 6 nitrogen and oxygen atoms in total. The molecule has 148 valence electrons. The number of amides is 1. The molecule has 2 N–H and O–H groups in total. The van der Waals surface area contributed by atoms with Crippen molar-refractivity contribution in [2.45, 2.75) is 37.7 Å². The van der Waals surface area contributed by atoms with E-state index in [9.17, 15) is 4.79 Å². The van der Waals surface area contributed by atoms with E-state index in [2.05, 4.69) is 24.5 Å². The summed E-state index contributed by atoms with van der Waals surface area (Å²) in [7, 11) is 4.85. The van der Waals surface area contributed by atoms with E-state index in [1.807, 2.05) is 18.2 Å². The Hall–Kier alpha value is -1.50. The van der Waals surface area contributed by atoms with Crippen molar-refractivity contribution in [3.05, 3.63) is 23.8 Å². The Kier molecular flexibility index (Phi) is 8.18. The zero-order valence-electron chi connectivity index (χ0n) is 16.3. The summed E-state index contributed by atoms with van der Waals surface area (Å²) in [6.07, 6.45) is 1.37. The van der Waals surface area contributed by atoms with E-state index in [0.29, 0.717) is 30.9 Å². The average Bonchev–Trinajstić information content (AvgIpc) is 2.65. The summed E-state index contributed by atoms with van der Waals surface area (Å²) in [6, 6.07) is 5.85. The van der Waals surface area contributed by atoms with Gasteiger partial charge in [0.2, 0.25) is 0 Å². The summed E-state index contributed by atoms with van der Waals surface area (Å²) in [5.74, 6) is 1.34. The van der Waals surface area contributed by atoms with Gasteiger partial charge in [-0.05, 0) is 43.6 Å². The van der Waals surface area contributed by atoms with Crippen LogP contribution in [-0.4, -0.2) is 52.5 Å². The third kappa shape index (κ3) is 4.81. The lowest BCUT2D eigenvalue weighted by atomic mass is 9.83. The van der Waals surface area contributed by atoms with Crippen LogP contribution in [0, 0.1) is 0 Å². The second-order valence-corrected chi connectivity index (χ2v) is 7.08. The van der Waals surface area contributed by atoms with Crippen molar-refractivity contribution in [1.29, 1.82) is 0 Å². The van der Waals surface area contributed by atoms with Gasteiger partial charge in [-0.3, -0.25) is 4.79 Å². The molecule has 26 heavy (non-hydrogen) atoms. The third-order valence-electron chi connectivity index (χ3n) is 5.07. The van der Waals surface area contributed by atoms with Gasteiger partial charge in [0.25, 0.3) is 5.91 Å². The molecule has 0 aromatic heterocycles. The first kappa shape index (κ1) is 22.5. The van der Waals surface area contributed by atoms with Crippen LogP contribution in [0.1, 0.15) is 32.3 Å². The summed E-state index contributed by atoms with van der Waals surface area (Å²) in [4.78, 5) is 12.7. The van der Waals surface area contributed by atoms with Crippen molar-refractivity contribution in [3.8, 4) is 11.5 Å². The van der Waals surface area contributed by atoms with Crippen molar-refractivity contribution < 1.29 is 19.0 Å². The number of hydrogen-bond donors (Lipinski definition) is 2. The van der Waals surface area contributed by atoms with E-state index < -0.39 is 5.60 Å². The van der Waals surface area contributed by atoms with Crippen LogP contribution in [0.4, 0.5) is 0 Å². The van der Waals surface area contributed by atoms with Crippen LogP contribution in [0.15, 0.2) is 18.2 Å². The van der Waals surface area contributed by atoms with Crippen LogP contribution in [0.25, 0.3) is 0 Å². The molecule has 0 saturated carbocycles. The normalized spacial score (nSPS) is 16.3. The summed E-state index contributed by atoms with van der Waals surface area (Å²) < 4.78 is 16.3. The Morgan fingerprint density at radius 1 is 1.15 bits per heavy atom. The molecule has 1 aromatic carbocycles. The van der Waals surface area contributed by atoms with Crippen molar-refractivity contribution in [3.63, 3.8) is 0 Å². The van der Waals surface area contributed by atoms with Gasteiger partial charge in [0.15, 0.2) is 11.5 Å². The SMILES string of the molecule is COc1ccc(C(C)(C)CNC(=O)C2(OC)CCNCC2)cc1OC.Cl. The number of ether oxygens (including phenoxy) is 3. The molecule has 0 atom stereocenters. The van der Waals surface area contributed by atoms with Gasteiger partial charge in [0.1, 0.15) is 5.60 Å². The minimum atomic E-state index is -0.723. The minimum Gasteiger partial charge on any atom is -0.493 e. The molecule has 1 saturated heterocycles. The number of piperidine rings is 1. The quantitative estimate of drug-likeness (QED) is 0.752. The van der Waals surface area contributed by atoms with Crippen LogP contribution >= 0.6 is 12.4 Å². The molecule has 1 heterocycles. The number of carbonyl (C=O) groups is 1.